The van der Waals surface area contributed by atoms with E-state index in [4.69, 9.17) is 9.47 Å². The molecule has 0 spiro atoms. The molecule has 36 heavy (non-hydrogen) atoms. The standard InChI is InChI=1S/C28H25N3O5/c1-17(26(32)30-24-15-16-35-25-10-6-4-7-21(24)25)36-28(34)19-11-13-20(14-12-19)31-18(2)29-23-9-5-3-8-22(23)27(31)33/h3-14,17,24H,15-16H2,1-2H3,(H,30,32). The normalized spacial score (nSPS) is 15.4. The number of amides is 1. The predicted molar refractivity (Wildman–Crippen MR) is 134 cm³/mol. The summed E-state index contributed by atoms with van der Waals surface area (Å²) in [5.41, 5.74) is 2.20. The van der Waals surface area contributed by atoms with E-state index in [9.17, 15) is 14.4 Å². The minimum Gasteiger partial charge on any atom is -0.493 e. The zero-order valence-corrected chi connectivity index (χ0v) is 19.9. The molecule has 1 aromatic heterocycles. The van der Waals surface area contributed by atoms with Gasteiger partial charge in [0.1, 0.15) is 11.6 Å². The summed E-state index contributed by atoms with van der Waals surface area (Å²) in [5, 5.41) is 3.46. The van der Waals surface area contributed by atoms with E-state index in [1.54, 1.807) is 49.4 Å². The fourth-order valence-corrected chi connectivity index (χ4v) is 4.36. The van der Waals surface area contributed by atoms with Gasteiger partial charge in [-0.15, -0.1) is 0 Å². The third-order valence-corrected chi connectivity index (χ3v) is 6.23. The third-order valence-electron chi connectivity index (χ3n) is 6.23. The van der Waals surface area contributed by atoms with E-state index in [-0.39, 0.29) is 23.1 Å². The third kappa shape index (κ3) is 4.45. The highest BCUT2D eigenvalue weighted by Gasteiger charge is 2.26. The number of rotatable bonds is 5. The maximum absolute atomic E-state index is 13.0. The van der Waals surface area contributed by atoms with Gasteiger partial charge >= 0.3 is 5.97 Å². The number of nitrogens with one attached hydrogen (secondary N) is 1. The lowest BCUT2D eigenvalue weighted by atomic mass is 10.0. The molecule has 1 aliphatic rings. The maximum atomic E-state index is 13.0. The van der Waals surface area contributed by atoms with Crippen molar-refractivity contribution >= 4 is 22.8 Å². The highest BCUT2D eigenvalue weighted by Crippen LogP contribution is 2.31. The lowest BCUT2D eigenvalue weighted by Crippen LogP contribution is -2.39. The van der Waals surface area contributed by atoms with Crippen LogP contribution in [-0.2, 0) is 9.53 Å². The van der Waals surface area contributed by atoms with E-state index in [1.165, 1.54) is 11.5 Å². The number of hydrogen-bond donors (Lipinski definition) is 1. The number of nitrogens with zero attached hydrogens (tertiary/aromatic N) is 2. The molecule has 3 aromatic carbocycles. The first-order valence-corrected chi connectivity index (χ1v) is 11.7. The van der Waals surface area contributed by atoms with Crippen LogP contribution in [0.3, 0.4) is 0 Å². The summed E-state index contributed by atoms with van der Waals surface area (Å²) in [6.07, 6.45) is -0.352. The molecular formula is C28H25N3O5. The molecule has 0 aliphatic carbocycles. The van der Waals surface area contributed by atoms with E-state index in [2.05, 4.69) is 10.3 Å². The number of ether oxygens (including phenoxy) is 2. The van der Waals surface area contributed by atoms with Crippen molar-refractivity contribution in [2.75, 3.05) is 6.61 Å². The highest BCUT2D eigenvalue weighted by atomic mass is 16.5. The quantitative estimate of drug-likeness (QED) is 0.433. The van der Waals surface area contributed by atoms with Crippen LogP contribution in [0.2, 0.25) is 0 Å². The fourth-order valence-electron chi connectivity index (χ4n) is 4.36. The van der Waals surface area contributed by atoms with Crippen LogP contribution in [-0.4, -0.2) is 34.1 Å². The fraction of sp³-hybridized carbons (Fsp3) is 0.214. The Hall–Kier alpha value is -4.46. The van der Waals surface area contributed by atoms with Crippen molar-refractivity contribution in [1.82, 2.24) is 14.9 Å². The number of carbonyl (C=O) groups is 2. The zero-order valence-electron chi connectivity index (χ0n) is 19.9. The monoisotopic (exact) mass is 483 g/mol. The Morgan fingerprint density at radius 3 is 2.58 bits per heavy atom. The van der Waals surface area contributed by atoms with E-state index in [0.29, 0.717) is 35.4 Å². The van der Waals surface area contributed by atoms with Gasteiger partial charge < -0.3 is 14.8 Å². The Balaban J connectivity index is 1.28. The molecule has 2 atom stereocenters. The van der Waals surface area contributed by atoms with Crippen molar-refractivity contribution in [1.29, 1.82) is 0 Å². The summed E-state index contributed by atoms with van der Waals surface area (Å²) >= 11 is 0. The molecule has 0 bridgehead atoms. The molecular weight excluding hydrogens is 458 g/mol. The Morgan fingerprint density at radius 1 is 1.06 bits per heavy atom. The maximum Gasteiger partial charge on any atom is 0.338 e. The minimum atomic E-state index is -0.985. The van der Waals surface area contributed by atoms with Gasteiger partial charge in [0.2, 0.25) is 0 Å². The lowest BCUT2D eigenvalue weighted by Gasteiger charge is -2.27. The van der Waals surface area contributed by atoms with Crippen molar-refractivity contribution in [2.45, 2.75) is 32.4 Å². The van der Waals surface area contributed by atoms with Gasteiger partial charge in [0.15, 0.2) is 6.10 Å². The van der Waals surface area contributed by atoms with Crippen LogP contribution < -0.4 is 15.6 Å². The summed E-state index contributed by atoms with van der Waals surface area (Å²) < 4.78 is 12.5. The summed E-state index contributed by atoms with van der Waals surface area (Å²) in [5.74, 6) is 0.270. The van der Waals surface area contributed by atoms with E-state index >= 15 is 0 Å². The molecule has 8 heteroatoms. The number of para-hydroxylation sites is 2. The van der Waals surface area contributed by atoms with E-state index in [1.807, 2.05) is 30.3 Å². The Labute approximate surface area is 207 Å². The van der Waals surface area contributed by atoms with Crippen LogP contribution >= 0.6 is 0 Å². The molecule has 182 valence electrons. The molecule has 0 radical (unpaired) electrons. The van der Waals surface area contributed by atoms with Gasteiger partial charge in [0, 0.05) is 12.0 Å². The van der Waals surface area contributed by atoms with Crippen LogP contribution in [0.25, 0.3) is 16.6 Å². The average Bonchev–Trinajstić information content (AvgIpc) is 2.89. The molecule has 4 aromatic rings. The molecule has 2 heterocycles. The molecule has 2 unspecified atom stereocenters. The first kappa shape index (κ1) is 23.3. The van der Waals surface area contributed by atoms with Gasteiger partial charge in [-0.1, -0.05) is 30.3 Å². The topological polar surface area (TPSA) is 99.5 Å². The molecule has 1 aliphatic heterocycles. The molecule has 8 nitrogen and oxygen atoms in total. The Morgan fingerprint density at radius 2 is 1.78 bits per heavy atom. The number of esters is 1. The zero-order chi connectivity index (χ0) is 25.2. The lowest BCUT2D eigenvalue weighted by molar-refractivity contribution is -0.130. The summed E-state index contributed by atoms with van der Waals surface area (Å²) in [7, 11) is 0. The van der Waals surface area contributed by atoms with Crippen molar-refractivity contribution in [3.8, 4) is 11.4 Å². The van der Waals surface area contributed by atoms with Crippen LogP contribution in [0.4, 0.5) is 0 Å². The average molecular weight is 484 g/mol. The Bertz CT molecular complexity index is 1510. The number of carbonyl (C=O) groups excluding carboxylic acids is 2. The molecule has 0 saturated heterocycles. The number of aryl methyl sites for hydroxylation is 1. The summed E-state index contributed by atoms with van der Waals surface area (Å²) in [6, 6.07) is 21.0. The first-order chi connectivity index (χ1) is 17.4. The largest absolute Gasteiger partial charge is 0.493 e. The van der Waals surface area contributed by atoms with Crippen molar-refractivity contribution in [3.63, 3.8) is 0 Å². The second-order valence-electron chi connectivity index (χ2n) is 8.65. The second-order valence-corrected chi connectivity index (χ2v) is 8.65. The van der Waals surface area contributed by atoms with Crippen molar-refractivity contribution in [3.05, 3.63) is 100 Å². The van der Waals surface area contributed by atoms with E-state index in [0.717, 1.165) is 11.3 Å². The number of aromatic nitrogens is 2. The summed E-state index contributed by atoms with van der Waals surface area (Å²) in [6.45, 7) is 3.79. The predicted octanol–water partition coefficient (Wildman–Crippen LogP) is 3.88. The smallest absolute Gasteiger partial charge is 0.338 e. The van der Waals surface area contributed by atoms with E-state index < -0.39 is 12.1 Å². The number of hydrogen-bond acceptors (Lipinski definition) is 6. The van der Waals surface area contributed by atoms with Gasteiger partial charge in [-0.25, -0.2) is 9.78 Å². The van der Waals surface area contributed by atoms with Gasteiger partial charge in [-0.05, 0) is 56.3 Å². The van der Waals surface area contributed by atoms with Crippen LogP contribution in [0.15, 0.2) is 77.6 Å². The van der Waals surface area contributed by atoms with Crippen LogP contribution in [0.5, 0.6) is 5.75 Å². The first-order valence-electron chi connectivity index (χ1n) is 11.7. The summed E-state index contributed by atoms with van der Waals surface area (Å²) in [4.78, 5) is 43.0. The number of fused-ring (bicyclic) bond motifs is 2. The van der Waals surface area contributed by atoms with Gasteiger partial charge in [0.25, 0.3) is 11.5 Å². The van der Waals surface area contributed by atoms with Gasteiger partial charge in [-0.3, -0.25) is 14.2 Å². The molecule has 5 rings (SSSR count). The molecule has 0 saturated carbocycles. The molecule has 1 N–H and O–H groups in total. The van der Waals surface area contributed by atoms with Gasteiger partial charge in [0.05, 0.1) is 34.8 Å². The second kappa shape index (κ2) is 9.65. The minimum absolute atomic E-state index is 0.187. The van der Waals surface area contributed by atoms with Crippen molar-refractivity contribution in [2.24, 2.45) is 0 Å². The number of benzene rings is 3. The molecule has 1 amide bonds. The van der Waals surface area contributed by atoms with Crippen molar-refractivity contribution < 1.29 is 19.1 Å². The van der Waals surface area contributed by atoms with Crippen LogP contribution in [0.1, 0.15) is 41.1 Å². The van der Waals surface area contributed by atoms with Crippen LogP contribution in [0, 0.1) is 6.92 Å². The SMILES string of the molecule is Cc1nc2ccccc2c(=O)n1-c1ccc(C(=O)OC(C)C(=O)NC2CCOc3ccccc32)cc1. The highest BCUT2D eigenvalue weighted by molar-refractivity contribution is 5.92. The Kier molecular flexibility index (Phi) is 6.25. The van der Waals surface area contributed by atoms with Gasteiger partial charge in [-0.2, -0.15) is 0 Å². The molecule has 0 fully saturated rings.